The summed E-state index contributed by atoms with van der Waals surface area (Å²) in [7, 11) is 1.71. The summed E-state index contributed by atoms with van der Waals surface area (Å²) in [6.45, 7) is -1.23. The summed E-state index contributed by atoms with van der Waals surface area (Å²) in [5, 5.41) is 3.05. The van der Waals surface area contributed by atoms with Gasteiger partial charge in [-0.1, -0.05) is 30.3 Å². The van der Waals surface area contributed by atoms with Gasteiger partial charge < -0.3 is 10.1 Å². The molecule has 0 fully saturated rings. The van der Waals surface area contributed by atoms with E-state index in [1.54, 1.807) is 44.3 Å². The second kappa shape index (κ2) is 6.63. The third kappa shape index (κ3) is 3.55. The lowest BCUT2D eigenvalue weighted by molar-refractivity contribution is -0.0506. The first-order valence-electron chi connectivity index (χ1n) is 6.50. The van der Waals surface area contributed by atoms with Crippen LogP contribution in [0.15, 0.2) is 42.5 Å². The minimum atomic E-state index is -2.89. The molecule has 1 unspecified atom stereocenters. The normalized spacial score (nSPS) is 12.5. The largest absolute Gasteiger partial charge is 0.434 e. The van der Waals surface area contributed by atoms with Crippen molar-refractivity contribution in [2.75, 3.05) is 7.05 Å². The lowest BCUT2D eigenvalue weighted by Crippen LogP contribution is -2.19. The van der Waals surface area contributed by atoms with Gasteiger partial charge >= 0.3 is 6.61 Å². The van der Waals surface area contributed by atoms with Gasteiger partial charge in [-0.05, 0) is 37.2 Å². The van der Waals surface area contributed by atoms with Crippen molar-refractivity contribution < 1.29 is 17.9 Å². The Balaban J connectivity index is 2.43. The Labute approximate surface area is 121 Å². The molecule has 0 aliphatic carbocycles. The molecule has 5 heteroatoms. The molecule has 0 saturated carbocycles. The number of ether oxygens (including phenoxy) is 1. The van der Waals surface area contributed by atoms with Crippen molar-refractivity contribution in [2.24, 2.45) is 0 Å². The van der Waals surface area contributed by atoms with Gasteiger partial charge in [0.15, 0.2) is 0 Å². The topological polar surface area (TPSA) is 21.3 Å². The third-order valence-corrected chi connectivity index (χ3v) is 3.25. The molecule has 21 heavy (non-hydrogen) atoms. The molecule has 0 aromatic heterocycles. The van der Waals surface area contributed by atoms with Crippen molar-refractivity contribution in [3.63, 3.8) is 0 Å². The van der Waals surface area contributed by atoms with Crippen molar-refractivity contribution in [2.45, 2.75) is 19.6 Å². The highest BCUT2D eigenvalue weighted by Crippen LogP contribution is 2.31. The molecule has 0 saturated heterocycles. The maximum absolute atomic E-state index is 13.4. The monoisotopic (exact) mass is 295 g/mol. The maximum atomic E-state index is 13.4. The maximum Gasteiger partial charge on any atom is 0.387 e. The van der Waals surface area contributed by atoms with E-state index in [4.69, 9.17) is 0 Å². The minimum absolute atomic E-state index is 0.105. The SMILES string of the molecule is CNC(c1ccc(F)c(C)c1)c1ccccc1OC(F)F. The zero-order chi connectivity index (χ0) is 15.4. The molecule has 2 aromatic carbocycles. The van der Waals surface area contributed by atoms with Crippen molar-refractivity contribution in [3.8, 4) is 5.75 Å². The summed E-state index contributed by atoms with van der Waals surface area (Å²) in [6, 6.07) is 10.9. The zero-order valence-corrected chi connectivity index (χ0v) is 11.7. The quantitative estimate of drug-likeness (QED) is 0.898. The molecule has 0 radical (unpaired) electrons. The molecule has 0 spiro atoms. The standard InChI is InChI=1S/C16H16F3NO/c1-10-9-11(7-8-13(10)17)15(20-2)12-5-3-4-6-14(12)21-16(18)19/h3-9,15-16,20H,1-2H3. The molecule has 1 atom stereocenters. The summed E-state index contributed by atoms with van der Waals surface area (Å²) in [6.07, 6.45) is 0. The number of halogens is 3. The smallest absolute Gasteiger partial charge is 0.387 e. The van der Waals surface area contributed by atoms with E-state index < -0.39 is 6.61 Å². The molecule has 0 bridgehead atoms. The highest BCUT2D eigenvalue weighted by atomic mass is 19.3. The first-order valence-corrected chi connectivity index (χ1v) is 6.50. The third-order valence-electron chi connectivity index (χ3n) is 3.25. The summed E-state index contributed by atoms with van der Waals surface area (Å²) < 4.78 is 42.9. The van der Waals surface area contributed by atoms with E-state index in [1.807, 2.05) is 0 Å². The summed E-state index contributed by atoms with van der Waals surface area (Å²) in [5.41, 5.74) is 1.85. The van der Waals surface area contributed by atoms with E-state index in [0.717, 1.165) is 5.56 Å². The van der Waals surface area contributed by atoms with Gasteiger partial charge in [0, 0.05) is 5.56 Å². The fourth-order valence-electron chi connectivity index (χ4n) is 2.27. The lowest BCUT2D eigenvalue weighted by Gasteiger charge is -2.21. The molecule has 2 nitrogen and oxygen atoms in total. The Morgan fingerprint density at radius 3 is 2.43 bits per heavy atom. The predicted molar refractivity (Wildman–Crippen MR) is 75.1 cm³/mol. The van der Waals surface area contributed by atoms with Gasteiger partial charge in [-0.25, -0.2) is 4.39 Å². The number of nitrogens with one attached hydrogen (secondary N) is 1. The fourth-order valence-corrected chi connectivity index (χ4v) is 2.27. The van der Waals surface area contributed by atoms with E-state index in [1.165, 1.54) is 12.1 Å². The number of rotatable bonds is 5. The fraction of sp³-hybridized carbons (Fsp3) is 0.250. The van der Waals surface area contributed by atoms with Crippen LogP contribution in [0, 0.1) is 12.7 Å². The Bertz CT molecular complexity index is 616. The van der Waals surface area contributed by atoms with Crippen LogP contribution in [-0.4, -0.2) is 13.7 Å². The van der Waals surface area contributed by atoms with Gasteiger partial charge in [0.25, 0.3) is 0 Å². The van der Waals surface area contributed by atoms with Crippen LogP contribution in [-0.2, 0) is 0 Å². The average Bonchev–Trinajstić information content (AvgIpc) is 2.44. The summed E-state index contributed by atoms with van der Waals surface area (Å²) in [4.78, 5) is 0. The highest BCUT2D eigenvalue weighted by Gasteiger charge is 2.19. The van der Waals surface area contributed by atoms with E-state index in [9.17, 15) is 13.2 Å². The first-order chi connectivity index (χ1) is 10.0. The van der Waals surface area contributed by atoms with Gasteiger partial charge in [-0.3, -0.25) is 0 Å². The van der Waals surface area contributed by atoms with Crippen LogP contribution in [0.5, 0.6) is 5.75 Å². The van der Waals surface area contributed by atoms with Crippen LogP contribution in [0.3, 0.4) is 0 Å². The molecule has 0 aliphatic heterocycles. The second-order valence-corrected chi connectivity index (χ2v) is 4.65. The van der Waals surface area contributed by atoms with E-state index in [2.05, 4.69) is 10.1 Å². The number of hydrogen-bond acceptors (Lipinski definition) is 2. The molecule has 1 N–H and O–H groups in total. The van der Waals surface area contributed by atoms with Gasteiger partial charge in [0.2, 0.25) is 0 Å². The predicted octanol–water partition coefficient (Wildman–Crippen LogP) is 4.04. The number of alkyl halides is 2. The second-order valence-electron chi connectivity index (χ2n) is 4.65. The van der Waals surface area contributed by atoms with Crippen LogP contribution >= 0.6 is 0 Å². The van der Waals surface area contributed by atoms with Crippen molar-refractivity contribution in [3.05, 3.63) is 65.0 Å². The molecule has 0 aliphatic rings. The van der Waals surface area contributed by atoms with E-state index >= 15 is 0 Å². The van der Waals surface area contributed by atoms with E-state index in [0.29, 0.717) is 11.1 Å². The van der Waals surface area contributed by atoms with Gasteiger partial charge in [-0.15, -0.1) is 0 Å². The minimum Gasteiger partial charge on any atom is -0.434 e. The van der Waals surface area contributed by atoms with Crippen LogP contribution in [0.4, 0.5) is 13.2 Å². The van der Waals surface area contributed by atoms with Crippen molar-refractivity contribution in [1.82, 2.24) is 5.32 Å². The van der Waals surface area contributed by atoms with E-state index in [-0.39, 0.29) is 17.6 Å². The Kier molecular flexibility index (Phi) is 4.85. The van der Waals surface area contributed by atoms with Crippen LogP contribution in [0.1, 0.15) is 22.7 Å². The number of hydrogen-bond donors (Lipinski definition) is 1. The molecule has 112 valence electrons. The summed E-state index contributed by atoms with van der Waals surface area (Å²) >= 11 is 0. The van der Waals surface area contributed by atoms with Crippen LogP contribution in [0.25, 0.3) is 0 Å². The Morgan fingerprint density at radius 2 is 1.81 bits per heavy atom. The number of benzene rings is 2. The molecule has 2 rings (SSSR count). The average molecular weight is 295 g/mol. The van der Waals surface area contributed by atoms with Crippen LogP contribution < -0.4 is 10.1 Å². The van der Waals surface area contributed by atoms with Crippen LogP contribution in [0.2, 0.25) is 0 Å². The van der Waals surface area contributed by atoms with Gasteiger partial charge in [0.05, 0.1) is 6.04 Å². The zero-order valence-electron chi connectivity index (χ0n) is 11.7. The van der Waals surface area contributed by atoms with Gasteiger partial charge in [0.1, 0.15) is 11.6 Å². The lowest BCUT2D eigenvalue weighted by atomic mass is 9.96. The molecule has 2 aromatic rings. The Morgan fingerprint density at radius 1 is 1.10 bits per heavy atom. The number of para-hydroxylation sites is 1. The molecule has 0 amide bonds. The Hall–Kier alpha value is -2.01. The molecule has 0 heterocycles. The highest BCUT2D eigenvalue weighted by molar-refractivity contribution is 5.42. The van der Waals surface area contributed by atoms with Gasteiger partial charge in [-0.2, -0.15) is 8.78 Å². The molecular formula is C16H16F3NO. The summed E-state index contributed by atoms with van der Waals surface area (Å²) in [5.74, 6) is -0.195. The first kappa shape index (κ1) is 15.4. The van der Waals surface area contributed by atoms with Crippen molar-refractivity contribution in [1.29, 1.82) is 0 Å². The van der Waals surface area contributed by atoms with Crippen molar-refractivity contribution >= 4 is 0 Å². The number of aryl methyl sites for hydroxylation is 1. The molecular weight excluding hydrogens is 279 g/mol.